The van der Waals surface area contributed by atoms with Crippen molar-refractivity contribution in [3.8, 4) is 0 Å². The number of carbonyl (C=O) groups is 2. The first-order chi connectivity index (χ1) is 12.7. The first kappa shape index (κ1) is 20.2. The van der Waals surface area contributed by atoms with E-state index in [1.54, 1.807) is 25.7 Å². The second-order valence-electron chi connectivity index (χ2n) is 7.34. The van der Waals surface area contributed by atoms with Crippen LogP contribution in [0.2, 0.25) is 0 Å². The largest absolute Gasteiger partial charge is 0.343 e. The summed E-state index contributed by atoms with van der Waals surface area (Å²) < 4.78 is 26.2. The smallest absolute Gasteiger partial charge is 0.229 e. The van der Waals surface area contributed by atoms with Crippen molar-refractivity contribution in [1.29, 1.82) is 0 Å². The maximum atomic E-state index is 12.5. The molecule has 0 aliphatic carbocycles. The zero-order valence-electron chi connectivity index (χ0n) is 15.9. The van der Waals surface area contributed by atoms with Gasteiger partial charge in [0.1, 0.15) is 0 Å². The van der Waals surface area contributed by atoms with Crippen molar-refractivity contribution >= 4 is 38.3 Å². The van der Waals surface area contributed by atoms with E-state index in [-0.39, 0.29) is 17.7 Å². The van der Waals surface area contributed by atoms with E-state index in [9.17, 15) is 18.0 Å². The van der Waals surface area contributed by atoms with Gasteiger partial charge in [-0.05, 0) is 26.7 Å². The number of thiazole rings is 1. The number of sulfonamides is 1. The minimum absolute atomic E-state index is 0.0439. The van der Waals surface area contributed by atoms with Crippen LogP contribution >= 0.6 is 11.3 Å². The van der Waals surface area contributed by atoms with Crippen molar-refractivity contribution < 1.29 is 18.0 Å². The maximum Gasteiger partial charge on any atom is 0.229 e. The molecule has 150 valence electrons. The van der Waals surface area contributed by atoms with E-state index in [4.69, 9.17) is 0 Å². The summed E-state index contributed by atoms with van der Waals surface area (Å²) in [5, 5.41) is 2.96. The number of hydrogen-bond donors (Lipinski definition) is 1. The molecule has 10 heteroatoms. The highest BCUT2D eigenvalue weighted by Gasteiger charge is 2.32. The van der Waals surface area contributed by atoms with Gasteiger partial charge < -0.3 is 10.2 Å². The Kier molecular flexibility index (Phi) is 5.87. The van der Waals surface area contributed by atoms with Crippen LogP contribution in [-0.4, -0.2) is 59.3 Å². The van der Waals surface area contributed by atoms with Crippen molar-refractivity contribution in [3.63, 3.8) is 0 Å². The topological polar surface area (TPSA) is 99.7 Å². The third-order valence-corrected chi connectivity index (χ3v) is 8.41. The number of fused-ring (bicyclic) bond motifs is 1. The van der Waals surface area contributed by atoms with Crippen LogP contribution in [0.3, 0.4) is 0 Å². The Morgan fingerprint density at radius 2 is 1.89 bits per heavy atom. The van der Waals surface area contributed by atoms with E-state index in [2.05, 4.69) is 10.3 Å². The van der Waals surface area contributed by atoms with Crippen molar-refractivity contribution in [1.82, 2.24) is 14.2 Å². The summed E-state index contributed by atoms with van der Waals surface area (Å²) in [4.78, 5) is 31.0. The molecule has 2 aliphatic rings. The van der Waals surface area contributed by atoms with Crippen LogP contribution in [-0.2, 0) is 32.6 Å². The highest BCUT2D eigenvalue weighted by molar-refractivity contribution is 7.89. The lowest BCUT2D eigenvalue weighted by Gasteiger charge is -2.30. The van der Waals surface area contributed by atoms with Crippen LogP contribution in [0.4, 0.5) is 5.13 Å². The fraction of sp³-hybridized carbons (Fsp3) is 0.706. The van der Waals surface area contributed by atoms with Gasteiger partial charge in [0.2, 0.25) is 21.8 Å². The van der Waals surface area contributed by atoms with Gasteiger partial charge in [0.05, 0.1) is 10.9 Å². The Bertz CT molecular complexity index is 826. The number of aromatic nitrogens is 1. The van der Waals surface area contributed by atoms with E-state index in [0.29, 0.717) is 50.6 Å². The highest BCUT2D eigenvalue weighted by atomic mass is 32.2. The zero-order valence-corrected chi connectivity index (χ0v) is 17.5. The number of amides is 2. The lowest BCUT2D eigenvalue weighted by atomic mass is 9.96. The van der Waals surface area contributed by atoms with Crippen LogP contribution in [0.25, 0.3) is 0 Å². The van der Waals surface area contributed by atoms with Crippen molar-refractivity contribution in [3.05, 3.63) is 10.6 Å². The number of likely N-dealkylation sites (tertiary alicyclic amines) is 1. The number of anilines is 1. The van der Waals surface area contributed by atoms with Crippen LogP contribution in [0.5, 0.6) is 0 Å². The van der Waals surface area contributed by atoms with Crippen molar-refractivity contribution in [2.45, 2.75) is 51.8 Å². The molecule has 8 nitrogen and oxygen atoms in total. The third kappa shape index (κ3) is 4.33. The minimum atomic E-state index is -3.29. The fourth-order valence-electron chi connectivity index (χ4n) is 3.40. The summed E-state index contributed by atoms with van der Waals surface area (Å²) in [5.41, 5.74) is 0.872. The Hall–Kier alpha value is -1.52. The summed E-state index contributed by atoms with van der Waals surface area (Å²) in [7, 11) is -3.29. The van der Waals surface area contributed by atoms with Crippen LogP contribution < -0.4 is 5.32 Å². The normalized spacial score (nSPS) is 19.2. The molecule has 1 saturated heterocycles. The van der Waals surface area contributed by atoms with Gasteiger partial charge in [-0.25, -0.2) is 13.4 Å². The van der Waals surface area contributed by atoms with E-state index >= 15 is 0 Å². The molecular formula is C17H26N4O4S2. The van der Waals surface area contributed by atoms with Gasteiger partial charge in [0.25, 0.3) is 0 Å². The number of nitrogens with zero attached hydrogens (tertiary/aromatic N) is 3. The zero-order chi connectivity index (χ0) is 19.8. The molecule has 2 aliphatic heterocycles. The van der Waals surface area contributed by atoms with Crippen LogP contribution in [0, 0.1) is 5.92 Å². The quantitative estimate of drug-likeness (QED) is 0.804. The lowest BCUT2D eigenvalue weighted by Crippen LogP contribution is -2.40. The predicted molar refractivity (Wildman–Crippen MR) is 104 cm³/mol. The summed E-state index contributed by atoms with van der Waals surface area (Å²) in [6.45, 7) is 6.85. The van der Waals surface area contributed by atoms with Gasteiger partial charge in [-0.15, -0.1) is 11.3 Å². The number of carbonyl (C=O) groups excluding carboxylic acids is 2. The molecule has 1 aromatic rings. The van der Waals surface area contributed by atoms with E-state index < -0.39 is 15.3 Å². The Balaban J connectivity index is 1.62. The van der Waals surface area contributed by atoms with Gasteiger partial charge in [-0.3, -0.25) is 9.59 Å². The Labute approximate surface area is 164 Å². The van der Waals surface area contributed by atoms with Gasteiger partial charge in [-0.2, -0.15) is 4.31 Å². The molecule has 0 aromatic carbocycles. The number of hydrogen-bond acceptors (Lipinski definition) is 6. The number of nitrogens with one attached hydrogen (secondary N) is 1. The second-order valence-corrected chi connectivity index (χ2v) is 10.9. The fourth-order valence-corrected chi connectivity index (χ4v) is 5.76. The molecule has 27 heavy (non-hydrogen) atoms. The molecule has 0 spiro atoms. The Morgan fingerprint density at radius 1 is 1.22 bits per heavy atom. The summed E-state index contributed by atoms with van der Waals surface area (Å²) in [5.74, 6) is -0.155. The predicted octanol–water partition coefficient (Wildman–Crippen LogP) is 1.44. The van der Waals surface area contributed by atoms with E-state index in [1.165, 1.54) is 15.6 Å². The molecule has 1 aromatic heterocycles. The van der Waals surface area contributed by atoms with Gasteiger partial charge in [0, 0.05) is 50.3 Å². The molecule has 0 unspecified atom stereocenters. The van der Waals surface area contributed by atoms with Crippen LogP contribution in [0.1, 0.15) is 44.2 Å². The van der Waals surface area contributed by atoms with Gasteiger partial charge in [-0.1, -0.05) is 0 Å². The third-order valence-electron chi connectivity index (χ3n) is 5.19. The highest BCUT2D eigenvalue weighted by Crippen LogP contribution is 2.31. The van der Waals surface area contributed by atoms with Crippen LogP contribution in [0.15, 0.2) is 0 Å². The molecule has 0 radical (unpaired) electrons. The molecule has 1 N–H and O–H groups in total. The maximum absolute atomic E-state index is 12.5. The van der Waals surface area contributed by atoms with E-state index in [0.717, 1.165) is 10.6 Å². The molecule has 3 heterocycles. The summed E-state index contributed by atoms with van der Waals surface area (Å²) in [6.07, 6.45) is 1.86. The second kappa shape index (κ2) is 7.84. The van der Waals surface area contributed by atoms with Gasteiger partial charge >= 0.3 is 0 Å². The SMILES string of the molecule is CC(=O)N1CCC(C(=O)Nc2nc3c(s2)CN(S(=O)(=O)C(C)C)CC3)CC1. The monoisotopic (exact) mass is 414 g/mol. The summed E-state index contributed by atoms with van der Waals surface area (Å²) >= 11 is 1.35. The molecule has 2 amide bonds. The standard InChI is InChI=1S/C17H26N4O4S2/c1-11(2)27(24,25)21-9-6-14-15(10-21)26-17(18-14)19-16(23)13-4-7-20(8-5-13)12(3)22/h11,13H,4-10H2,1-3H3,(H,18,19,23). The van der Waals surface area contributed by atoms with E-state index in [1.807, 2.05) is 0 Å². The average Bonchev–Trinajstić information content (AvgIpc) is 3.02. The number of piperidine rings is 1. The first-order valence-electron chi connectivity index (χ1n) is 9.22. The van der Waals surface area contributed by atoms with Crippen molar-refractivity contribution in [2.24, 2.45) is 5.92 Å². The van der Waals surface area contributed by atoms with Crippen molar-refractivity contribution in [2.75, 3.05) is 25.0 Å². The minimum Gasteiger partial charge on any atom is -0.343 e. The van der Waals surface area contributed by atoms with Gasteiger partial charge in [0.15, 0.2) is 5.13 Å². The molecular weight excluding hydrogens is 388 g/mol. The lowest BCUT2D eigenvalue weighted by molar-refractivity contribution is -0.132. The molecule has 0 saturated carbocycles. The first-order valence-corrected chi connectivity index (χ1v) is 11.5. The molecule has 3 rings (SSSR count). The molecule has 0 atom stereocenters. The summed E-state index contributed by atoms with van der Waals surface area (Å²) in [6, 6.07) is 0. The average molecular weight is 415 g/mol. The Morgan fingerprint density at radius 3 is 2.48 bits per heavy atom. The number of rotatable bonds is 4. The molecule has 0 bridgehead atoms. The molecule has 1 fully saturated rings.